The number of nitrogens with one attached hydrogen (secondary N) is 1. The van der Waals surface area contributed by atoms with Crippen LogP contribution in [0.5, 0.6) is 0 Å². The summed E-state index contributed by atoms with van der Waals surface area (Å²) in [4.78, 5) is 16.1. The Hall–Kier alpha value is -1.87. The molecule has 0 spiro atoms. The minimum atomic E-state index is -0.255. The molecule has 20 heavy (non-hydrogen) atoms. The number of nitrogens with two attached hydrogens (primary N) is 1. The van der Waals surface area contributed by atoms with E-state index in [-0.39, 0.29) is 12.5 Å². The molecule has 1 amide bonds. The van der Waals surface area contributed by atoms with E-state index in [4.69, 9.17) is 17.3 Å². The number of thiazole rings is 1. The number of anilines is 1. The van der Waals surface area contributed by atoms with Gasteiger partial charge in [0.05, 0.1) is 16.6 Å². The van der Waals surface area contributed by atoms with Gasteiger partial charge in [-0.3, -0.25) is 4.79 Å². The molecule has 2 rings (SSSR count). The third-order valence-electron chi connectivity index (χ3n) is 2.40. The summed E-state index contributed by atoms with van der Waals surface area (Å²) >= 11 is 7.45. The number of hydrogen-bond acceptors (Lipinski definition) is 4. The highest BCUT2D eigenvalue weighted by Crippen LogP contribution is 2.20. The van der Waals surface area contributed by atoms with Gasteiger partial charge in [0.2, 0.25) is 0 Å². The average molecular weight is 306 g/mol. The Bertz CT molecular complexity index is 700. The van der Waals surface area contributed by atoms with Gasteiger partial charge in [0, 0.05) is 16.6 Å². The number of nitrogens with zero attached hydrogens (tertiary/aromatic N) is 1. The van der Waals surface area contributed by atoms with Crippen LogP contribution < -0.4 is 11.1 Å². The quantitative estimate of drug-likeness (QED) is 0.838. The van der Waals surface area contributed by atoms with Crippen molar-refractivity contribution in [3.63, 3.8) is 0 Å². The van der Waals surface area contributed by atoms with Gasteiger partial charge >= 0.3 is 0 Å². The lowest BCUT2D eigenvalue weighted by Gasteiger charge is -2.05. The Kier molecular flexibility index (Phi) is 4.74. The van der Waals surface area contributed by atoms with Crippen LogP contribution in [0.4, 0.5) is 5.69 Å². The smallest absolute Gasteiger partial charge is 0.275 e. The number of aryl methyl sites for hydroxylation is 1. The number of rotatable bonds is 2. The van der Waals surface area contributed by atoms with Gasteiger partial charge in [0.1, 0.15) is 5.69 Å². The van der Waals surface area contributed by atoms with E-state index in [0.717, 1.165) is 5.01 Å². The van der Waals surface area contributed by atoms with Gasteiger partial charge in [-0.25, -0.2) is 4.98 Å². The Morgan fingerprint density at radius 3 is 3.00 bits per heavy atom. The molecule has 2 aromatic rings. The maximum absolute atomic E-state index is 12.0. The van der Waals surface area contributed by atoms with Crippen LogP contribution in [-0.4, -0.2) is 17.4 Å². The topological polar surface area (TPSA) is 68.0 Å². The molecule has 0 saturated heterocycles. The summed E-state index contributed by atoms with van der Waals surface area (Å²) in [5, 5.41) is 5.85. The molecule has 102 valence electrons. The number of amides is 1. The van der Waals surface area contributed by atoms with Crippen LogP contribution >= 0.6 is 22.9 Å². The molecule has 3 N–H and O–H groups in total. The molecule has 6 heteroatoms. The largest absolute Gasteiger partial charge is 0.321 e. The summed E-state index contributed by atoms with van der Waals surface area (Å²) in [7, 11) is 0. The Morgan fingerprint density at radius 2 is 2.35 bits per heavy atom. The fourth-order valence-corrected chi connectivity index (χ4v) is 2.27. The van der Waals surface area contributed by atoms with E-state index >= 15 is 0 Å². The predicted molar refractivity (Wildman–Crippen MR) is 82.2 cm³/mol. The summed E-state index contributed by atoms with van der Waals surface area (Å²) in [6.45, 7) is 2.11. The van der Waals surface area contributed by atoms with Gasteiger partial charge in [0.15, 0.2) is 0 Å². The Morgan fingerprint density at radius 1 is 1.55 bits per heavy atom. The van der Waals surface area contributed by atoms with E-state index in [9.17, 15) is 4.79 Å². The molecule has 4 nitrogen and oxygen atoms in total. The molecule has 1 heterocycles. The van der Waals surface area contributed by atoms with Crippen LogP contribution in [0.15, 0.2) is 23.6 Å². The van der Waals surface area contributed by atoms with Crippen LogP contribution in [0.3, 0.4) is 0 Å². The second-order valence-electron chi connectivity index (χ2n) is 3.91. The van der Waals surface area contributed by atoms with Crippen molar-refractivity contribution in [2.24, 2.45) is 5.73 Å². The number of halogens is 1. The molecule has 0 unspecified atom stereocenters. The van der Waals surface area contributed by atoms with Gasteiger partial charge in [-0.15, -0.1) is 11.3 Å². The summed E-state index contributed by atoms with van der Waals surface area (Å²) in [6.07, 6.45) is 0. The molecule has 0 radical (unpaired) electrons. The summed E-state index contributed by atoms with van der Waals surface area (Å²) in [6, 6.07) is 5.11. The van der Waals surface area contributed by atoms with Gasteiger partial charge in [0.25, 0.3) is 5.91 Å². The average Bonchev–Trinajstić information content (AvgIpc) is 2.86. The molecule has 0 saturated carbocycles. The molecule has 0 aliphatic carbocycles. The second kappa shape index (κ2) is 6.53. The predicted octanol–water partition coefficient (Wildman–Crippen LogP) is 2.67. The first-order chi connectivity index (χ1) is 9.60. The van der Waals surface area contributed by atoms with Crippen molar-refractivity contribution < 1.29 is 4.79 Å². The van der Waals surface area contributed by atoms with Crippen molar-refractivity contribution >= 4 is 34.5 Å². The standard InChI is InChI=1S/C14H12ClN3OS/c1-9-17-13(8-20-9)14(19)18-11-4-5-12(15)10(7-11)3-2-6-16/h4-5,7-8H,6,16H2,1H3,(H,18,19). The highest BCUT2D eigenvalue weighted by atomic mass is 35.5. The summed E-state index contributed by atoms with van der Waals surface area (Å²) < 4.78 is 0. The lowest BCUT2D eigenvalue weighted by Crippen LogP contribution is -2.12. The molecule has 0 fully saturated rings. The molecule has 0 bridgehead atoms. The highest BCUT2D eigenvalue weighted by molar-refractivity contribution is 7.09. The van der Waals surface area contributed by atoms with Crippen molar-refractivity contribution in [3.8, 4) is 11.8 Å². The Balaban J connectivity index is 2.19. The highest BCUT2D eigenvalue weighted by Gasteiger charge is 2.10. The van der Waals surface area contributed by atoms with E-state index < -0.39 is 0 Å². The SMILES string of the molecule is Cc1nc(C(=O)Nc2ccc(Cl)c(C#CCN)c2)cs1. The zero-order chi connectivity index (χ0) is 14.5. The first-order valence-corrected chi connectivity index (χ1v) is 7.08. The van der Waals surface area contributed by atoms with E-state index in [2.05, 4.69) is 22.1 Å². The molecule has 0 aliphatic heterocycles. The normalized spacial score (nSPS) is 9.75. The van der Waals surface area contributed by atoms with E-state index in [1.54, 1.807) is 23.6 Å². The lowest BCUT2D eigenvalue weighted by atomic mass is 10.2. The van der Waals surface area contributed by atoms with Crippen molar-refractivity contribution in [2.45, 2.75) is 6.92 Å². The zero-order valence-corrected chi connectivity index (χ0v) is 12.3. The number of hydrogen-bond donors (Lipinski definition) is 2. The van der Waals surface area contributed by atoms with E-state index in [1.165, 1.54) is 11.3 Å². The second-order valence-corrected chi connectivity index (χ2v) is 5.38. The molecule has 1 aromatic carbocycles. The monoisotopic (exact) mass is 305 g/mol. The zero-order valence-electron chi connectivity index (χ0n) is 10.7. The number of carbonyl (C=O) groups excluding carboxylic acids is 1. The van der Waals surface area contributed by atoms with E-state index in [0.29, 0.717) is 22.0 Å². The first-order valence-electron chi connectivity index (χ1n) is 5.82. The molecule has 0 atom stereocenters. The molecule has 1 aromatic heterocycles. The number of carbonyl (C=O) groups is 1. The maximum atomic E-state index is 12.0. The molecular formula is C14H12ClN3OS. The van der Waals surface area contributed by atoms with Gasteiger partial charge in [-0.1, -0.05) is 23.4 Å². The lowest BCUT2D eigenvalue weighted by molar-refractivity contribution is 0.102. The number of benzene rings is 1. The van der Waals surface area contributed by atoms with E-state index in [1.807, 2.05) is 6.92 Å². The summed E-state index contributed by atoms with van der Waals surface area (Å²) in [5.74, 6) is 5.33. The molecule has 0 aliphatic rings. The third-order valence-corrected chi connectivity index (χ3v) is 3.50. The van der Waals surface area contributed by atoms with Crippen LogP contribution in [-0.2, 0) is 0 Å². The van der Waals surface area contributed by atoms with Crippen molar-refractivity contribution in [3.05, 3.63) is 44.9 Å². The maximum Gasteiger partial charge on any atom is 0.275 e. The van der Waals surface area contributed by atoms with Crippen LogP contribution in [0.2, 0.25) is 5.02 Å². The Labute approximate surface area is 126 Å². The summed E-state index contributed by atoms with van der Waals surface area (Å²) in [5.41, 5.74) is 6.98. The minimum Gasteiger partial charge on any atom is -0.321 e. The van der Waals surface area contributed by atoms with Gasteiger partial charge < -0.3 is 11.1 Å². The van der Waals surface area contributed by atoms with Gasteiger partial charge in [-0.2, -0.15) is 0 Å². The molecular weight excluding hydrogens is 294 g/mol. The van der Waals surface area contributed by atoms with Crippen LogP contribution in [0, 0.1) is 18.8 Å². The van der Waals surface area contributed by atoms with Crippen molar-refractivity contribution in [2.75, 3.05) is 11.9 Å². The van der Waals surface area contributed by atoms with Crippen LogP contribution in [0.25, 0.3) is 0 Å². The third kappa shape index (κ3) is 3.58. The van der Waals surface area contributed by atoms with Crippen molar-refractivity contribution in [1.82, 2.24) is 4.98 Å². The fourth-order valence-electron chi connectivity index (χ4n) is 1.51. The van der Waals surface area contributed by atoms with Crippen LogP contribution in [0.1, 0.15) is 21.1 Å². The number of aromatic nitrogens is 1. The first kappa shape index (κ1) is 14.5. The van der Waals surface area contributed by atoms with Gasteiger partial charge in [-0.05, 0) is 25.1 Å². The van der Waals surface area contributed by atoms with Crippen molar-refractivity contribution in [1.29, 1.82) is 0 Å². The minimum absolute atomic E-state index is 0.255. The fraction of sp³-hybridized carbons (Fsp3) is 0.143.